The van der Waals surface area contributed by atoms with Crippen LogP contribution in [0, 0.1) is 10.1 Å². The van der Waals surface area contributed by atoms with Crippen molar-refractivity contribution in [1.82, 2.24) is 0 Å². The largest absolute Gasteiger partial charge is 0.378 e. The molecule has 3 rings (SSSR count). The number of hydrogen-bond donors (Lipinski definition) is 0. The molecule has 0 atom stereocenters. The van der Waals surface area contributed by atoms with Crippen molar-refractivity contribution in [3.8, 4) is 5.75 Å². The van der Waals surface area contributed by atoms with Crippen molar-refractivity contribution in [2.24, 2.45) is 4.99 Å². The Morgan fingerprint density at radius 1 is 1.17 bits per heavy atom. The fraction of sp³-hybridized carbons (Fsp3) is 0.118. The zero-order valence-corrected chi connectivity index (χ0v) is 12.8. The molecule has 1 aliphatic rings. The van der Waals surface area contributed by atoms with E-state index in [9.17, 15) is 10.1 Å². The molecule has 0 aliphatic carbocycles. The Morgan fingerprint density at radius 3 is 2.57 bits per heavy atom. The lowest BCUT2D eigenvalue weighted by molar-refractivity contribution is -0.711. The highest BCUT2D eigenvalue weighted by atomic mass is 17.0. The zero-order valence-electron chi connectivity index (χ0n) is 12.8. The Morgan fingerprint density at radius 2 is 1.91 bits per heavy atom. The van der Waals surface area contributed by atoms with Gasteiger partial charge in [-0.25, -0.2) is 0 Å². The molecule has 2 aromatic rings. The third-order valence-electron chi connectivity index (χ3n) is 3.53. The maximum Gasteiger partial charge on any atom is 0.299 e. The molecule has 116 valence electrons. The minimum Gasteiger partial charge on any atom is -0.378 e. The number of anilines is 1. The summed E-state index contributed by atoms with van der Waals surface area (Å²) >= 11 is 0. The van der Waals surface area contributed by atoms with Crippen molar-refractivity contribution in [2.75, 3.05) is 19.0 Å². The van der Waals surface area contributed by atoms with Gasteiger partial charge in [-0.05, 0) is 42.0 Å². The standard InChI is InChI=1S/C17H15N3O3/c1-19(2)14-5-3-12(4-6-14)9-13-11-18-17-8-7-15(10-16(13)17)23-20(21)22/h3-11H,1-2H3. The van der Waals surface area contributed by atoms with Gasteiger partial charge in [-0.3, -0.25) is 9.83 Å². The fourth-order valence-electron chi connectivity index (χ4n) is 2.37. The van der Waals surface area contributed by atoms with Crippen LogP contribution in [0.15, 0.2) is 47.5 Å². The van der Waals surface area contributed by atoms with Crippen LogP contribution in [0.25, 0.3) is 11.6 Å². The first-order valence-electron chi connectivity index (χ1n) is 7.03. The Labute approximate surface area is 133 Å². The minimum atomic E-state index is -0.819. The monoisotopic (exact) mass is 309 g/mol. The molecule has 1 aliphatic heterocycles. The van der Waals surface area contributed by atoms with Crippen molar-refractivity contribution < 1.29 is 9.92 Å². The molecule has 0 aromatic heterocycles. The molecule has 23 heavy (non-hydrogen) atoms. The summed E-state index contributed by atoms with van der Waals surface area (Å²) in [4.78, 5) is 21.3. The van der Waals surface area contributed by atoms with E-state index in [-0.39, 0.29) is 5.75 Å². The van der Waals surface area contributed by atoms with Gasteiger partial charge in [0, 0.05) is 37.1 Å². The summed E-state index contributed by atoms with van der Waals surface area (Å²) in [6, 6.07) is 13.0. The normalized spacial score (nSPS) is 13.9. The fourth-order valence-corrected chi connectivity index (χ4v) is 2.37. The van der Waals surface area contributed by atoms with E-state index in [1.807, 2.05) is 49.3 Å². The highest BCUT2D eigenvalue weighted by molar-refractivity contribution is 6.21. The Bertz CT molecular complexity index is 808. The molecule has 0 fully saturated rings. The highest BCUT2D eigenvalue weighted by Gasteiger charge is 2.14. The second kappa shape index (κ2) is 5.92. The van der Waals surface area contributed by atoms with Crippen molar-refractivity contribution in [1.29, 1.82) is 0 Å². The van der Waals surface area contributed by atoms with Gasteiger partial charge >= 0.3 is 0 Å². The quantitative estimate of drug-likeness (QED) is 0.639. The second-order valence-corrected chi connectivity index (χ2v) is 5.34. The molecule has 0 spiro atoms. The van der Waals surface area contributed by atoms with Crippen molar-refractivity contribution >= 4 is 29.2 Å². The first kappa shape index (κ1) is 14.8. The summed E-state index contributed by atoms with van der Waals surface area (Å²) in [5.41, 5.74) is 4.64. The van der Waals surface area contributed by atoms with Gasteiger partial charge in [0.15, 0.2) is 0 Å². The predicted octanol–water partition coefficient (Wildman–Crippen LogP) is 3.58. The SMILES string of the molecule is CN(C)c1ccc(C=C2C=Nc3ccc(O[N+](=O)[O-])cc32)cc1. The number of allylic oxidation sites excluding steroid dienone is 1. The molecule has 0 saturated heterocycles. The van der Waals surface area contributed by atoms with Gasteiger partial charge in [-0.1, -0.05) is 12.1 Å². The highest BCUT2D eigenvalue weighted by Crippen LogP contribution is 2.35. The van der Waals surface area contributed by atoms with Gasteiger partial charge in [0.05, 0.1) is 5.69 Å². The van der Waals surface area contributed by atoms with Crippen LogP contribution in [0.1, 0.15) is 11.1 Å². The summed E-state index contributed by atoms with van der Waals surface area (Å²) in [7, 11) is 3.98. The Balaban J connectivity index is 1.91. The van der Waals surface area contributed by atoms with Gasteiger partial charge in [-0.2, -0.15) is 0 Å². The molecule has 0 saturated carbocycles. The maximum absolute atomic E-state index is 10.5. The van der Waals surface area contributed by atoms with Crippen LogP contribution >= 0.6 is 0 Å². The minimum absolute atomic E-state index is 0.188. The average molecular weight is 309 g/mol. The number of fused-ring (bicyclic) bond motifs is 1. The van der Waals surface area contributed by atoms with Crippen LogP contribution < -0.4 is 9.74 Å². The summed E-state index contributed by atoms with van der Waals surface area (Å²) < 4.78 is 0. The van der Waals surface area contributed by atoms with E-state index in [2.05, 4.69) is 9.83 Å². The number of aliphatic imine (C=N–C) groups is 1. The van der Waals surface area contributed by atoms with E-state index in [4.69, 9.17) is 0 Å². The van der Waals surface area contributed by atoms with E-state index in [1.54, 1.807) is 18.3 Å². The molecule has 6 heteroatoms. The van der Waals surface area contributed by atoms with Gasteiger partial charge in [0.2, 0.25) is 0 Å². The molecule has 0 N–H and O–H groups in total. The zero-order chi connectivity index (χ0) is 16.4. The number of benzene rings is 2. The van der Waals surface area contributed by atoms with Crippen molar-refractivity contribution in [3.63, 3.8) is 0 Å². The maximum atomic E-state index is 10.5. The van der Waals surface area contributed by atoms with Gasteiger partial charge in [0.25, 0.3) is 5.09 Å². The topological polar surface area (TPSA) is 68.0 Å². The molecule has 6 nitrogen and oxygen atoms in total. The van der Waals surface area contributed by atoms with E-state index >= 15 is 0 Å². The predicted molar refractivity (Wildman–Crippen MR) is 90.9 cm³/mol. The van der Waals surface area contributed by atoms with Gasteiger partial charge in [-0.15, -0.1) is 10.1 Å². The first-order chi connectivity index (χ1) is 11.0. The summed E-state index contributed by atoms with van der Waals surface area (Å²) in [6.07, 6.45) is 3.74. The molecule has 0 radical (unpaired) electrons. The molecular formula is C17H15N3O3. The lowest BCUT2D eigenvalue weighted by Crippen LogP contribution is -2.07. The first-order valence-corrected chi connectivity index (χ1v) is 7.03. The molecule has 0 unspecified atom stereocenters. The summed E-state index contributed by atoms with van der Waals surface area (Å²) in [6.45, 7) is 0. The average Bonchev–Trinajstić information content (AvgIpc) is 2.90. The molecular weight excluding hydrogens is 294 g/mol. The Hall–Kier alpha value is -3.15. The van der Waals surface area contributed by atoms with E-state index in [1.165, 1.54) is 6.07 Å². The lowest BCUT2D eigenvalue weighted by Gasteiger charge is -2.12. The van der Waals surface area contributed by atoms with Gasteiger partial charge < -0.3 is 4.90 Å². The number of nitrogens with zero attached hydrogens (tertiary/aromatic N) is 3. The van der Waals surface area contributed by atoms with E-state index in [0.29, 0.717) is 0 Å². The van der Waals surface area contributed by atoms with Crippen LogP contribution in [0.3, 0.4) is 0 Å². The van der Waals surface area contributed by atoms with Crippen LogP contribution in [-0.4, -0.2) is 25.4 Å². The van der Waals surface area contributed by atoms with Crippen molar-refractivity contribution in [3.05, 3.63) is 63.7 Å². The third kappa shape index (κ3) is 3.21. The molecule has 2 aromatic carbocycles. The Kier molecular flexibility index (Phi) is 3.80. The second-order valence-electron chi connectivity index (χ2n) is 5.34. The third-order valence-corrected chi connectivity index (χ3v) is 3.53. The summed E-state index contributed by atoms with van der Waals surface area (Å²) in [5.74, 6) is 0.188. The smallest absolute Gasteiger partial charge is 0.299 e. The summed E-state index contributed by atoms with van der Waals surface area (Å²) in [5, 5.41) is 9.64. The molecule has 0 amide bonds. The van der Waals surface area contributed by atoms with Crippen LogP contribution in [0.5, 0.6) is 5.75 Å². The molecule has 1 heterocycles. The van der Waals surface area contributed by atoms with E-state index in [0.717, 1.165) is 28.1 Å². The van der Waals surface area contributed by atoms with Crippen molar-refractivity contribution in [2.45, 2.75) is 0 Å². The number of rotatable bonds is 4. The van der Waals surface area contributed by atoms with Gasteiger partial charge in [0.1, 0.15) is 5.75 Å². The van der Waals surface area contributed by atoms with Crippen LogP contribution in [0.2, 0.25) is 0 Å². The van der Waals surface area contributed by atoms with E-state index < -0.39 is 5.09 Å². The molecule has 0 bridgehead atoms. The van der Waals surface area contributed by atoms with Crippen LogP contribution in [0.4, 0.5) is 11.4 Å². The van der Waals surface area contributed by atoms with Crippen LogP contribution in [-0.2, 0) is 0 Å². The number of hydrogen-bond acceptors (Lipinski definition) is 5. The lowest BCUT2D eigenvalue weighted by atomic mass is 10.0.